The van der Waals surface area contributed by atoms with Gasteiger partial charge in [-0.2, -0.15) is 0 Å². The molecule has 0 saturated heterocycles. The van der Waals surface area contributed by atoms with Crippen molar-refractivity contribution >= 4 is 22.8 Å². The quantitative estimate of drug-likeness (QED) is 0.795. The molecule has 0 saturated carbocycles. The average molecular weight is 337 g/mol. The number of benzene rings is 2. The van der Waals surface area contributed by atoms with Crippen LogP contribution in [0.25, 0.3) is 10.9 Å². The van der Waals surface area contributed by atoms with Crippen molar-refractivity contribution in [2.75, 3.05) is 6.79 Å². The van der Waals surface area contributed by atoms with E-state index >= 15 is 0 Å². The summed E-state index contributed by atoms with van der Waals surface area (Å²) in [7, 11) is 0. The maximum Gasteiger partial charge on any atom is 0.307 e. The van der Waals surface area contributed by atoms with E-state index in [0.717, 1.165) is 5.39 Å². The molecule has 2 aromatic carbocycles. The zero-order valence-corrected chi connectivity index (χ0v) is 13.5. The molecule has 0 amide bonds. The van der Waals surface area contributed by atoms with Gasteiger partial charge in [0.05, 0.1) is 11.9 Å². The van der Waals surface area contributed by atoms with Gasteiger partial charge in [0, 0.05) is 16.6 Å². The van der Waals surface area contributed by atoms with Crippen LogP contribution in [0.3, 0.4) is 0 Å². The number of aromatic nitrogens is 1. The summed E-state index contributed by atoms with van der Waals surface area (Å²) in [5.41, 5.74) is 2.43. The summed E-state index contributed by atoms with van der Waals surface area (Å²) in [6.45, 7) is 1.91. The lowest BCUT2D eigenvalue weighted by atomic mass is 10.1. The minimum atomic E-state index is -0.929. The van der Waals surface area contributed by atoms with Gasteiger partial charge >= 0.3 is 5.97 Å². The molecule has 4 rings (SSSR count). The number of carbonyl (C=O) groups is 2. The molecule has 25 heavy (non-hydrogen) atoms. The minimum Gasteiger partial charge on any atom is -0.481 e. The van der Waals surface area contributed by atoms with E-state index in [1.807, 2.05) is 24.3 Å². The van der Waals surface area contributed by atoms with Gasteiger partial charge in [-0.25, -0.2) is 0 Å². The Bertz CT molecular complexity index is 1020. The Morgan fingerprint density at radius 3 is 2.68 bits per heavy atom. The number of hydrogen-bond acceptors (Lipinski definition) is 4. The van der Waals surface area contributed by atoms with E-state index in [1.54, 1.807) is 29.7 Å². The molecule has 6 heteroatoms. The van der Waals surface area contributed by atoms with Crippen LogP contribution in [0.1, 0.15) is 21.6 Å². The van der Waals surface area contributed by atoms with Crippen LogP contribution in [0.4, 0.5) is 0 Å². The summed E-state index contributed by atoms with van der Waals surface area (Å²) in [4.78, 5) is 24.3. The lowest BCUT2D eigenvalue weighted by molar-refractivity contribution is -0.136. The van der Waals surface area contributed by atoms with Gasteiger partial charge in [0.2, 0.25) is 6.79 Å². The number of carbonyl (C=O) groups excluding carboxylic acids is 1. The summed E-state index contributed by atoms with van der Waals surface area (Å²) in [6, 6.07) is 12.4. The number of para-hydroxylation sites is 1. The average Bonchev–Trinajstić information content (AvgIpc) is 3.17. The van der Waals surface area contributed by atoms with Crippen LogP contribution in [-0.2, 0) is 11.2 Å². The van der Waals surface area contributed by atoms with Gasteiger partial charge in [-0.1, -0.05) is 18.2 Å². The second-order valence-electron chi connectivity index (χ2n) is 5.86. The molecule has 2 heterocycles. The van der Waals surface area contributed by atoms with Gasteiger partial charge < -0.3 is 14.6 Å². The molecule has 1 aromatic heterocycles. The zero-order valence-electron chi connectivity index (χ0n) is 13.5. The molecule has 1 aliphatic heterocycles. The molecule has 0 bridgehead atoms. The normalized spacial score (nSPS) is 12.5. The van der Waals surface area contributed by atoms with Crippen LogP contribution in [0.15, 0.2) is 42.5 Å². The summed E-state index contributed by atoms with van der Waals surface area (Å²) >= 11 is 0. The third kappa shape index (κ3) is 2.42. The number of carboxylic acid groups (broad SMARTS) is 1. The lowest BCUT2D eigenvalue weighted by Crippen LogP contribution is -2.14. The van der Waals surface area contributed by atoms with Gasteiger partial charge in [-0.05, 0) is 36.8 Å². The molecule has 6 nitrogen and oxygen atoms in total. The second-order valence-corrected chi connectivity index (χ2v) is 5.86. The molecule has 0 fully saturated rings. The Kier molecular flexibility index (Phi) is 3.46. The van der Waals surface area contributed by atoms with Gasteiger partial charge in [-0.3, -0.25) is 14.2 Å². The molecule has 1 N–H and O–H groups in total. The van der Waals surface area contributed by atoms with Crippen LogP contribution in [0.5, 0.6) is 11.5 Å². The van der Waals surface area contributed by atoms with Crippen LogP contribution in [0, 0.1) is 6.92 Å². The fourth-order valence-electron chi connectivity index (χ4n) is 3.23. The van der Waals surface area contributed by atoms with Crippen molar-refractivity contribution in [1.29, 1.82) is 0 Å². The maximum absolute atomic E-state index is 13.1. The molecule has 0 spiro atoms. The Hall–Kier alpha value is -3.28. The van der Waals surface area contributed by atoms with E-state index in [4.69, 9.17) is 9.47 Å². The van der Waals surface area contributed by atoms with Crippen LogP contribution in [-0.4, -0.2) is 28.3 Å². The molecule has 0 aliphatic carbocycles. The topological polar surface area (TPSA) is 77.8 Å². The number of aliphatic carboxylic acids is 1. The molecule has 0 atom stereocenters. The Balaban J connectivity index is 1.87. The number of ether oxygens (including phenoxy) is 2. The Morgan fingerprint density at radius 2 is 1.88 bits per heavy atom. The van der Waals surface area contributed by atoms with Crippen molar-refractivity contribution in [3.05, 3.63) is 59.3 Å². The largest absolute Gasteiger partial charge is 0.481 e. The fourth-order valence-corrected chi connectivity index (χ4v) is 3.23. The zero-order chi connectivity index (χ0) is 17.6. The summed E-state index contributed by atoms with van der Waals surface area (Å²) in [6.07, 6.45) is -0.131. The predicted molar refractivity (Wildman–Crippen MR) is 90.3 cm³/mol. The number of rotatable bonds is 3. The van der Waals surface area contributed by atoms with Gasteiger partial charge in [0.15, 0.2) is 11.5 Å². The van der Waals surface area contributed by atoms with Crippen LogP contribution in [0.2, 0.25) is 0 Å². The fraction of sp³-hybridized carbons (Fsp3) is 0.158. The number of hydrogen-bond donors (Lipinski definition) is 1. The SMILES string of the molecule is Cc1c(CC(=O)O)c2ccccc2n1C(=O)c1ccc2c(c1)OCO2. The van der Waals surface area contributed by atoms with E-state index in [1.165, 1.54) is 0 Å². The van der Waals surface area contributed by atoms with Crippen LogP contribution < -0.4 is 9.47 Å². The number of carboxylic acids is 1. The predicted octanol–water partition coefficient (Wildman–Crippen LogP) is 2.99. The first-order valence-corrected chi connectivity index (χ1v) is 7.81. The van der Waals surface area contributed by atoms with Crippen molar-refractivity contribution < 1.29 is 24.2 Å². The monoisotopic (exact) mass is 337 g/mol. The number of fused-ring (bicyclic) bond motifs is 2. The summed E-state index contributed by atoms with van der Waals surface area (Å²) in [5.74, 6) is -0.0203. The summed E-state index contributed by atoms with van der Waals surface area (Å²) in [5, 5.41) is 9.97. The first kappa shape index (κ1) is 15.3. The number of nitrogens with zero attached hydrogens (tertiary/aromatic N) is 1. The van der Waals surface area contributed by atoms with E-state index in [-0.39, 0.29) is 19.1 Å². The van der Waals surface area contributed by atoms with Crippen molar-refractivity contribution in [2.45, 2.75) is 13.3 Å². The van der Waals surface area contributed by atoms with E-state index in [9.17, 15) is 14.7 Å². The van der Waals surface area contributed by atoms with E-state index < -0.39 is 5.97 Å². The van der Waals surface area contributed by atoms with E-state index in [2.05, 4.69) is 0 Å². The second kappa shape index (κ2) is 5.66. The van der Waals surface area contributed by atoms with Crippen molar-refractivity contribution in [3.63, 3.8) is 0 Å². The Labute approximate surface area is 143 Å². The highest BCUT2D eigenvalue weighted by Gasteiger charge is 2.23. The lowest BCUT2D eigenvalue weighted by Gasteiger charge is -2.08. The summed E-state index contributed by atoms with van der Waals surface area (Å²) < 4.78 is 12.2. The Morgan fingerprint density at radius 1 is 1.12 bits per heavy atom. The first-order chi connectivity index (χ1) is 12.1. The van der Waals surface area contributed by atoms with Gasteiger partial charge in [0.1, 0.15) is 0 Å². The highest BCUT2D eigenvalue weighted by molar-refractivity contribution is 6.05. The maximum atomic E-state index is 13.1. The highest BCUT2D eigenvalue weighted by atomic mass is 16.7. The third-order valence-corrected chi connectivity index (χ3v) is 4.39. The molecule has 3 aromatic rings. The molecule has 1 aliphatic rings. The minimum absolute atomic E-state index is 0.131. The molecule has 126 valence electrons. The van der Waals surface area contributed by atoms with E-state index in [0.29, 0.717) is 33.8 Å². The van der Waals surface area contributed by atoms with Crippen molar-refractivity contribution in [2.24, 2.45) is 0 Å². The third-order valence-electron chi connectivity index (χ3n) is 4.39. The molecular formula is C19H15NO5. The molecular weight excluding hydrogens is 322 g/mol. The van der Waals surface area contributed by atoms with Crippen molar-refractivity contribution in [1.82, 2.24) is 4.57 Å². The van der Waals surface area contributed by atoms with Crippen molar-refractivity contribution in [3.8, 4) is 11.5 Å². The first-order valence-electron chi connectivity index (χ1n) is 7.81. The van der Waals surface area contributed by atoms with Gasteiger partial charge in [0.25, 0.3) is 5.91 Å². The molecule has 0 unspecified atom stereocenters. The molecule has 0 radical (unpaired) electrons. The van der Waals surface area contributed by atoms with Gasteiger partial charge in [-0.15, -0.1) is 0 Å². The van der Waals surface area contributed by atoms with Crippen LogP contribution >= 0.6 is 0 Å². The smallest absolute Gasteiger partial charge is 0.307 e. The standard InChI is InChI=1S/C19H15NO5/c1-11-14(9-18(21)22)13-4-2-3-5-15(13)20(11)19(23)12-6-7-16-17(8-12)25-10-24-16/h2-8H,9-10H2,1H3,(H,21,22). The highest BCUT2D eigenvalue weighted by Crippen LogP contribution is 2.34.